The lowest BCUT2D eigenvalue weighted by Crippen LogP contribution is -2.30. The van der Waals surface area contributed by atoms with Crippen molar-refractivity contribution >= 4 is 17.9 Å². The van der Waals surface area contributed by atoms with Crippen LogP contribution in [0.4, 0.5) is 0 Å². The quantitative estimate of drug-likeness (QED) is 0.0344. The van der Waals surface area contributed by atoms with Crippen LogP contribution in [0.5, 0.6) is 0 Å². The third kappa shape index (κ3) is 49.7. The Morgan fingerprint density at radius 3 is 0.905 bits per heavy atom. The van der Waals surface area contributed by atoms with Crippen LogP contribution in [0.2, 0.25) is 0 Å². The average Bonchev–Trinajstić information content (AvgIpc) is 3.27. The first-order valence-electron chi connectivity index (χ1n) is 28.3. The van der Waals surface area contributed by atoms with Gasteiger partial charge in [0.15, 0.2) is 6.10 Å². The second kappa shape index (κ2) is 49.8. The molecule has 0 radical (unpaired) electrons. The lowest BCUT2D eigenvalue weighted by atomic mass is 9.99. The lowest BCUT2D eigenvalue weighted by molar-refractivity contribution is -0.167. The Balaban J connectivity index is 4.31. The number of unbranched alkanes of at least 4 members (excludes halogenated alkanes) is 35. The van der Waals surface area contributed by atoms with Crippen LogP contribution >= 0.6 is 0 Å². The van der Waals surface area contributed by atoms with E-state index >= 15 is 0 Å². The molecule has 0 spiro atoms. The van der Waals surface area contributed by atoms with E-state index < -0.39 is 6.10 Å². The standard InChI is InChI=1S/C57H110O6/c1-6-8-9-10-11-12-13-14-15-16-17-18-21-29-34-39-44-49-57(60)63-54(50-61-55(58)47-42-37-32-27-22-19-20-25-30-35-40-45-52(3)4)51-62-56(59)48-43-38-33-28-24-23-26-31-36-41-46-53(5)7-2/h52-54H,6-51H2,1-5H3/t53?,54-/m1/s1. The fourth-order valence-corrected chi connectivity index (χ4v) is 8.66. The van der Waals surface area contributed by atoms with E-state index in [0.29, 0.717) is 19.3 Å². The summed E-state index contributed by atoms with van der Waals surface area (Å²) in [6.07, 6.45) is 52.3. The highest BCUT2D eigenvalue weighted by atomic mass is 16.6. The van der Waals surface area contributed by atoms with Crippen molar-refractivity contribution in [2.75, 3.05) is 13.2 Å². The molecule has 6 heteroatoms. The smallest absolute Gasteiger partial charge is 0.306 e. The van der Waals surface area contributed by atoms with Crippen molar-refractivity contribution in [2.45, 2.75) is 323 Å². The molecule has 0 bridgehead atoms. The summed E-state index contributed by atoms with van der Waals surface area (Å²) in [7, 11) is 0. The minimum absolute atomic E-state index is 0.0633. The Morgan fingerprint density at radius 1 is 0.333 bits per heavy atom. The molecule has 0 aromatic rings. The van der Waals surface area contributed by atoms with Crippen LogP contribution < -0.4 is 0 Å². The highest BCUT2D eigenvalue weighted by molar-refractivity contribution is 5.71. The Bertz CT molecular complexity index is 964. The van der Waals surface area contributed by atoms with E-state index in [4.69, 9.17) is 14.2 Å². The molecule has 63 heavy (non-hydrogen) atoms. The molecule has 0 aliphatic heterocycles. The molecule has 0 aliphatic carbocycles. The third-order valence-electron chi connectivity index (χ3n) is 13.3. The number of rotatable bonds is 51. The van der Waals surface area contributed by atoms with Gasteiger partial charge in [0.25, 0.3) is 0 Å². The number of carbonyl (C=O) groups excluding carboxylic acids is 3. The number of esters is 3. The molecule has 0 fully saturated rings. The Kier molecular flexibility index (Phi) is 48.6. The van der Waals surface area contributed by atoms with Crippen LogP contribution in [-0.4, -0.2) is 37.2 Å². The number of hydrogen-bond acceptors (Lipinski definition) is 6. The molecule has 1 unspecified atom stereocenters. The Labute approximate surface area is 393 Å². The second-order valence-corrected chi connectivity index (χ2v) is 20.3. The van der Waals surface area contributed by atoms with Gasteiger partial charge in [0, 0.05) is 19.3 Å². The fraction of sp³-hybridized carbons (Fsp3) is 0.947. The topological polar surface area (TPSA) is 78.9 Å². The van der Waals surface area contributed by atoms with Crippen molar-refractivity contribution < 1.29 is 28.6 Å². The lowest BCUT2D eigenvalue weighted by Gasteiger charge is -2.18. The summed E-state index contributed by atoms with van der Waals surface area (Å²) in [6.45, 7) is 11.4. The predicted molar refractivity (Wildman–Crippen MR) is 270 cm³/mol. The molecule has 0 N–H and O–H groups in total. The number of ether oxygens (including phenoxy) is 3. The van der Waals surface area contributed by atoms with E-state index in [1.54, 1.807) is 0 Å². The van der Waals surface area contributed by atoms with Crippen LogP contribution in [0.3, 0.4) is 0 Å². The summed E-state index contributed by atoms with van der Waals surface area (Å²) >= 11 is 0. The average molecular weight is 892 g/mol. The summed E-state index contributed by atoms with van der Waals surface area (Å²) in [4.78, 5) is 38.1. The number of hydrogen-bond donors (Lipinski definition) is 0. The van der Waals surface area contributed by atoms with Gasteiger partial charge in [-0.15, -0.1) is 0 Å². The highest BCUT2D eigenvalue weighted by Crippen LogP contribution is 2.18. The Morgan fingerprint density at radius 2 is 0.603 bits per heavy atom. The first-order valence-corrected chi connectivity index (χ1v) is 28.3. The molecule has 0 aromatic heterocycles. The van der Waals surface area contributed by atoms with Crippen LogP contribution in [0, 0.1) is 11.8 Å². The molecule has 0 aliphatic rings. The van der Waals surface area contributed by atoms with Gasteiger partial charge in [-0.25, -0.2) is 0 Å². The van der Waals surface area contributed by atoms with Gasteiger partial charge < -0.3 is 14.2 Å². The Hall–Kier alpha value is -1.59. The van der Waals surface area contributed by atoms with Gasteiger partial charge >= 0.3 is 17.9 Å². The van der Waals surface area contributed by atoms with E-state index in [2.05, 4.69) is 34.6 Å². The molecule has 2 atom stereocenters. The minimum Gasteiger partial charge on any atom is -0.462 e. The molecule has 0 amide bonds. The zero-order valence-corrected chi connectivity index (χ0v) is 43.2. The van der Waals surface area contributed by atoms with Crippen molar-refractivity contribution in [3.8, 4) is 0 Å². The van der Waals surface area contributed by atoms with Gasteiger partial charge in [-0.2, -0.15) is 0 Å². The van der Waals surface area contributed by atoms with E-state index in [9.17, 15) is 14.4 Å². The summed E-state index contributed by atoms with van der Waals surface area (Å²) in [5.41, 5.74) is 0. The third-order valence-corrected chi connectivity index (χ3v) is 13.3. The van der Waals surface area contributed by atoms with E-state index in [-0.39, 0.29) is 31.1 Å². The molecule has 0 saturated heterocycles. The van der Waals surface area contributed by atoms with Gasteiger partial charge in [-0.1, -0.05) is 279 Å². The second-order valence-electron chi connectivity index (χ2n) is 20.3. The normalized spacial score (nSPS) is 12.5. The number of carbonyl (C=O) groups is 3. The molecular formula is C57H110O6. The molecule has 6 nitrogen and oxygen atoms in total. The molecule has 0 saturated carbocycles. The zero-order valence-electron chi connectivity index (χ0n) is 43.2. The molecular weight excluding hydrogens is 781 g/mol. The first-order chi connectivity index (χ1) is 30.8. The monoisotopic (exact) mass is 891 g/mol. The maximum Gasteiger partial charge on any atom is 0.306 e. The highest BCUT2D eigenvalue weighted by Gasteiger charge is 2.19. The summed E-state index contributed by atoms with van der Waals surface area (Å²) < 4.78 is 16.9. The van der Waals surface area contributed by atoms with Crippen molar-refractivity contribution in [2.24, 2.45) is 11.8 Å². The zero-order chi connectivity index (χ0) is 46.1. The fourth-order valence-electron chi connectivity index (χ4n) is 8.66. The van der Waals surface area contributed by atoms with Crippen molar-refractivity contribution in [3.05, 3.63) is 0 Å². The largest absolute Gasteiger partial charge is 0.462 e. The van der Waals surface area contributed by atoms with Crippen LogP contribution in [0.25, 0.3) is 0 Å². The summed E-state index contributed by atoms with van der Waals surface area (Å²) in [5, 5.41) is 0. The first kappa shape index (κ1) is 61.4. The molecule has 374 valence electrons. The predicted octanol–water partition coefficient (Wildman–Crippen LogP) is 18.5. The van der Waals surface area contributed by atoms with Gasteiger partial charge in [0.2, 0.25) is 0 Å². The van der Waals surface area contributed by atoms with Crippen LogP contribution in [0.1, 0.15) is 317 Å². The van der Waals surface area contributed by atoms with Gasteiger partial charge in [-0.05, 0) is 31.1 Å². The van der Waals surface area contributed by atoms with Crippen molar-refractivity contribution in [1.82, 2.24) is 0 Å². The molecule has 0 aromatic carbocycles. The van der Waals surface area contributed by atoms with Gasteiger partial charge in [-0.3, -0.25) is 14.4 Å². The van der Waals surface area contributed by atoms with E-state index in [1.165, 1.54) is 205 Å². The maximum absolute atomic E-state index is 12.8. The van der Waals surface area contributed by atoms with Crippen LogP contribution in [-0.2, 0) is 28.6 Å². The van der Waals surface area contributed by atoms with Crippen molar-refractivity contribution in [1.29, 1.82) is 0 Å². The summed E-state index contributed by atoms with van der Waals surface area (Å²) in [6, 6.07) is 0. The van der Waals surface area contributed by atoms with Crippen LogP contribution in [0.15, 0.2) is 0 Å². The van der Waals surface area contributed by atoms with E-state index in [0.717, 1.165) is 69.6 Å². The SMILES string of the molecule is CCCCCCCCCCCCCCCCCCCC(=O)O[C@H](COC(=O)CCCCCCCCCCCCCC(C)C)COC(=O)CCCCCCCCCCCCC(C)CC. The van der Waals surface area contributed by atoms with Crippen molar-refractivity contribution in [3.63, 3.8) is 0 Å². The molecule has 0 heterocycles. The van der Waals surface area contributed by atoms with E-state index in [1.807, 2.05) is 0 Å². The van der Waals surface area contributed by atoms with Gasteiger partial charge in [0.05, 0.1) is 0 Å². The minimum atomic E-state index is -0.763. The summed E-state index contributed by atoms with van der Waals surface area (Å²) in [5.74, 6) is 0.854. The molecule has 0 rings (SSSR count). The maximum atomic E-state index is 12.8. The van der Waals surface area contributed by atoms with Gasteiger partial charge in [0.1, 0.15) is 13.2 Å².